The first-order chi connectivity index (χ1) is 15.6. The van der Waals surface area contributed by atoms with Gasteiger partial charge in [-0.05, 0) is 42.7 Å². The summed E-state index contributed by atoms with van der Waals surface area (Å²) < 4.78 is 0. The zero-order valence-corrected chi connectivity index (χ0v) is 17.7. The molecular weight excluding hydrogens is 406 g/mol. The summed E-state index contributed by atoms with van der Waals surface area (Å²) in [6.45, 7) is 2.04. The number of hydrogen-bond donors (Lipinski definition) is 1. The van der Waals surface area contributed by atoms with Gasteiger partial charge in [-0.1, -0.05) is 37.1 Å². The average Bonchev–Trinajstić information content (AvgIpc) is 3.09. The minimum Gasteiger partial charge on any atom is -0.355 e. The Bertz CT molecular complexity index is 1080. The van der Waals surface area contributed by atoms with Gasteiger partial charge in [-0.15, -0.1) is 10.2 Å². The Labute approximate surface area is 186 Å². The second-order valence-electron chi connectivity index (χ2n) is 7.91. The van der Waals surface area contributed by atoms with E-state index in [0.717, 1.165) is 30.2 Å². The molecule has 32 heavy (non-hydrogen) atoms. The van der Waals surface area contributed by atoms with Crippen LogP contribution in [-0.4, -0.2) is 34.1 Å². The van der Waals surface area contributed by atoms with E-state index in [1.165, 1.54) is 37.8 Å². The van der Waals surface area contributed by atoms with E-state index >= 15 is 0 Å². The largest absolute Gasteiger partial charge is 0.355 e. The molecule has 8 heteroatoms. The zero-order valence-electron chi connectivity index (χ0n) is 17.7. The molecule has 1 saturated heterocycles. The Kier molecular flexibility index (Phi) is 6.69. The van der Waals surface area contributed by atoms with Gasteiger partial charge in [0.15, 0.2) is 5.82 Å². The number of amides is 1. The van der Waals surface area contributed by atoms with E-state index in [4.69, 9.17) is 0 Å². The third-order valence-electron chi connectivity index (χ3n) is 5.53. The van der Waals surface area contributed by atoms with Gasteiger partial charge in [0.05, 0.1) is 17.0 Å². The first kappa shape index (κ1) is 21.4. The van der Waals surface area contributed by atoms with Crippen LogP contribution in [0.4, 0.5) is 17.2 Å². The summed E-state index contributed by atoms with van der Waals surface area (Å²) in [4.78, 5) is 25.0. The molecule has 0 unspecified atom stereocenters. The van der Waals surface area contributed by atoms with E-state index in [1.54, 1.807) is 12.1 Å². The normalized spacial score (nSPS) is 13.9. The quantitative estimate of drug-likeness (QED) is 0.452. The van der Waals surface area contributed by atoms with Crippen molar-refractivity contribution in [1.82, 2.24) is 10.2 Å². The number of benzene rings is 2. The minimum atomic E-state index is -0.460. The molecule has 0 saturated carbocycles. The van der Waals surface area contributed by atoms with Crippen LogP contribution in [0.5, 0.6) is 0 Å². The van der Waals surface area contributed by atoms with Crippen molar-refractivity contribution in [3.63, 3.8) is 0 Å². The van der Waals surface area contributed by atoms with Crippen molar-refractivity contribution < 1.29 is 9.72 Å². The van der Waals surface area contributed by atoms with Gasteiger partial charge in [-0.3, -0.25) is 14.9 Å². The molecule has 1 fully saturated rings. The minimum absolute atomic E-state index is 0.00447. The highest BCUT2D eigenvalue weighted by Crippen LogP contribution is 2.23. The van der Waals surface area contributed by atoms with Gasteiger partial charge in [0.2, 0.25) is 5.91 Å². The Balaban J connectivity index is 1.40. The number of nitrogens with one attached hydrogen (secondary N) is 1. The van der Waals surface area contributed by atoms with Gasteiger partial charge in [-0.2, -0.15) is 0 Å². The first-order valence-corrected chi connectivity index (χ1v) is 10.8. The van der Waals surface area contributed by atoms with Crippen molar-refractivity contribution in [2.45, 2.75) is 32.1 Å². The van der Waals surface area contributed by atoms with Crippen LogP contribution >= 0.6 is 0 Å². The average molecular weight is 431 g/mol. The number of rotatable bonds is 6. The van der Waals surface area contributed by atoms with Crippen molar-refractivity contribution >= 4 is 23.1 Å². The Hall–Kier alpha value is -3.81. The fourth-order valence-corrected chi connectivity index (χ4v) is 3.83. The zero-order chi connectivity index (χ0) is 22.3. The van der Waals surface area contributed by atoms with Crippen molar-refractivity contribution in [3.8, 4) is 11.3 Å². The molecule has 0 radical (unpaired) electrons. The van der Waals surface area contributed by atoms with Crippen molar-refractivity contribution in [2.24, 2.45) is 0 Å². The first-order valence-electron chi connectivity index (χ1n) is 10.8. The molecule has 2 aromatic carbocycles. The van der Waals surface area contributed by atoms with Crippen LogP contribution in [0.3, 0.4) is 0 Å². The lowest BCUT2D eigenvalue weighted by molar-refractivity contribution is -0.384. The second kappa shape index (κ2) is 10.00. The van der Waals surface area contributed by atoms with Crippen LogP contribution in [0.2, 0.25) is 0 Å². The smallest absolute Gasteiger partial charge is 0.269 e. The Morgan fingerprint density at radius 2 is 1.72 bits per heavy atom. The van der Waals surface area contributed by atoms with Crippen molar-refractivity contribution in [2.75, 3.05) is 23.3 Å². The second-order valence-corrected chi connectivity index (χ2v) is 7.91. The van der Waals surface area contributed by atoms with Gasteiger partial charge in [0.25, 0.3) is 5.69 Å². The molecule has 2 heterocycles. The molecule has 1 amide bonds. The van der Waals surface area contributed by atoms with Gasteiger partial charge in [0, 0.05) is 36.5 Å². The van der Waals surface area contributed by atoms with Crippen molar-refractivity contribution in [3.05, 3.63) is 76.3 Å². The highest BCUT2D eigenvalue weighted by Gasteiger charge is 2.12. The van der Waals surface area contributed by atoms with Crippen LogP contribution in [0, 0.1) is 10.1 Å². The van der Waals surface area contributed by atoms with Gasteiger partial charge >= 0.3 is 0 Å². The fraction of sp³-hybridized carbons (Fsp3) is 0.292. The fourth-order valence-electron chi connectivity index (χ4n) is 3.83. The van der Waals surface area contributed by atoms with Crippen LogP contribution in [0.1, 0.15) is 31.2 Å². The summed E-state index contributed by atoms with van der Waals surface area (Å²) in [6, 6.07) is 17.4. The summed E-state index contributed by atoms with van der Waals surface area (Å²) in [5.74, 6) is 0.710. The standard InChI is InChI=1S/C24H25N5O3/c30-24(16-18-8-10-21(11-9-18)29(31)32)25-20-7-5-6-19(17-20)22-12-13-23(27-26-22)28-14-3-1-2-4-15-28/h5-13,17H,1-4,14-16H2,(H,25,30). The molecule has 1 N–H and O–H groups in total. The van der Waals surface area contributed by atoms with Crippen LogP contribution in [-0.2, 0) is 11.2 Å². The number of carbonyl (C=O) groups excluding carboxylic acids is 1. The molecule has 0 atom stereocenters. The van der Waals surface area contributed by atoms with Crippen LogP contribution < -0.4 is 10.2 Å². The lowest BCUT2D eigenvalue weighted by Gasteiger charge is -2.20. The number of hydrogen-bond acceptors (Lipinski definition) is 6. The summed E-state index contributed by atoms with van der Waals surface area (Å²) in [6.07, 6.45) is 5.04. The lowest BCUT2D eigenvalue weighted by Crippen LogP contribution is -2.25. The highest BCUT2D eigenvalue weighted by atomic mass is 16.6. The molecule has 4 rings (SSSR count). The maximum absolute atomic E-state index is 12.4. The van der Waals surface area contributed by atoms with E-state index in [2.05, 4.69) is 20.4 Å². The summed E-state index contributed by atoms with van der Waals surface area (Å²) in [5, 5.41) is 22.5. The molecule has 1 aliphatic heterocycles. The molecule has 1 aliphatic rings. The number of nitrogens with zero attached hydrogens (tertiary/aromatic N) is 4. The maximum Gasteiger partial charge on any atom is 0.269 e. The third-order valence-corrected chi connectivity index (χ3v) is 5.53. The monoisotopic (exact) mass is 431 g/mol. The maximum atomic E-state index is 12.4. The predicted octanol–water partition coefficient (Wildman–Crippen LogP) is 4.61. The van der Waals surface area contributed by atoms with E-state index in [1.807, 2.05) is 36.4 Å². The highest BCUT2D eigenvalue weighted by molar-refractivity contribution is 5.92. The van der Waals surface area contributed by atoms with Gasteiger partial charge in [0.1, 0.15) is 0 Å². The number of nitro groups is 1. The molecular formula is C24H25N5O3. The lowest BCUT2D eigenvalue weighted by atomic mass is 10.1. The van der Waals surface area contributed by atoms with E-state index < -0.39 is 4.92 Å². The molecule has 0 aliphatic carbocycles. The third kappa shape index (κ3) is 5.46. The number of nitro benzene ring substituents is 1. The molecule has 0 bridgehead atoms. The summed E-state index contributed by atoms with van der Waals surface area (Å²) in [7, 11) is 0. The molecule has 8 nitrogen and oxygen atoms in total. The SMILES string of the molecule is O=C(Cc1ccc([N+](=O)[O-])cc1)Nc1cccc(-c2ccc(N3CCCCCC3)nn2)c1. The molecule has 3 aromatic rings. The van der Waals surface area contributed by atoms with Crippen LogP contribution in [0.25, 0.3) is 11.3 Å². The van der Waals surface area contributed by atoms with Gasteiger partial charge in [-0.25, -0.2) is 0 Å². The van der Waals surface area contributed by atoms with E-state index in [0.29, 0.717) is 11.3 Å². The molecule has 0 spiro atoms. The molecule has 164 valence electrons. The predicted molar refractivity (Wildman–Crippen MR) is 124 cm³/mol. The van der Waals surface area contributed by atoms with E-state index in [9.17, 15) is 14.9 Å². The topological polar surface area (TPSA) is 101 Å². The number of aromatic nitrogens is 2. The van der Waals surface area contributed by atoms with Crippen molar-refractivity contribution in [1.29, 1.82) is 0 Å². The van der Waals surface area contributed by atoms with Crippen LogP contribution in [0.15, 0.2) is 60.7 Å². The Morgan fingerprint density at radius 3 is 2.38 bits per heavy atom. The number of anilines is 2. The number of non-ortho nitro benzene ring substituents is 1. The Morgan fingerprint density at radius 1 is 0.969 bits per heavy atom. The number of carbonyl (C=O) groups is 1. The molecule has 1 aromatic heterocycles. The summed E-state index contributed by atoms with van der Waals surface area (Å²) >= 11 is 0. The van der Waals surface area contributed by atoms with Gasteiger partial charge < -0.3 is 10.2 Å². The van der Waals surface area contributed by atoms with E-state index in [-0.39, 0.29) is 18.0 Å². The summed E-state index contributed by atoms with van der Waals surface area (Å²) in [5.41, 5.74) is 2.99.